The standard InChI is InChI=1S/C13H18O7S/c1-5-11(21(15,16)17)12(14)8-6-9(18-2)13(20-4)10(7-8)19-3/h6-7,11H,5H2,1-4H3,(H,15,16,17). The van der Waals surface area contributed by atoms with Gasteiger partial charge >= 0.3 is 0 Å². The molecule has 0 aliphatic carbocycles. The molecule has 0 aromatic heterocycles. The topological polar surface area (TPSA) is 99.1 Å². The van der Waals surface area contributed by atoms with E-state index >= 15 is 0 Å². The zero-order valence-corrected chi connectivity index (χ0v) is 13.1. The van der Waals surface area contributed by atoms with Crippen LogP contribution in [0.2, 0.25) is 0 Å². The lowest BCUT2D eigenvalue weighted by molar-refractivity contribution is 0.0982. The van der Waals surface area contributed by atoms with Gasteiger partial charge in [0.15, 0.2) is 17.3 Å². The van der Waals surface area contributed by atoms with Crippen molar-refractivity contribution in [2.45, 2.75) is 18.6 Å². The average molecular weight is 318 g/mol. The molecule has 21 heavy (non-hydrogen) atoms. The smallest absolute Gasteiger partial charge is 0.275 e. The highest BCUT2D eigenvalue weighted by Gasteiger charge is 2.31. The Bertz CT molecular complexity index is 596. The first-order valence-corrected chi connectivity index (χ1v) is 7.60. The van der Waals surface area contributed by atoms with Gasteiger partial charge in [0.2, 0.25) is 5.75 Å². The van der Waals surface area contributed by atoms with Crippen molar-refractivity contribution in [2.75, 3.05) is 21.3 Å². The van der Waals surface area contributed by atoms with Gasteiger partial charge in [0.25, 0.3) is 10.1 Å². The van der Waals surface area contributed by atoms with E-state index in [4.69, 9.17) is 18.8 Å². The molecule has 0 bridgehead atoms. The van der Waals surface area contributed by atoms with Gasteiger partial charge in [-0.05, 0) is 18.6 Å². The van der Waals surface area contributed by atoms with Gasteiger partial charge < -0.3 is 14.2 Å². The Morgan fingerprint density at radius 3 is 1.90 bits per heavy atom. The van der Waals surface area contributed by atoms with E-state index in [1.165, 1.54) is 40.4 Å². The van der Waals surface area contributed by atoms with E-state index in [9.17, 15) is 13.2 Å². The third-order valence-electron chi connectivity index (χ3n) is 2.97. The number of Topliss-reactive ketones (excluding diaryl/α,β-unsaturated/α-hetero) is 1. The van der Waals surface area contributed by atoms with E-state index in [0.29, 0.717) is 0 Å². The fourth-order valence-corrected chi connectivity index (χ4v) is 2.77. The van der Waals surface area contributed by atoms with Gasteiger partial charge in [-0.3, -0.25) is 9.35 Å². The number of benzene rings is 1. The van der Waals surface area contributed by atoms with Gasteiger partial charge in [0, 0.05) is 5.56 Å². The molecule has 118 valence electrons. The number of ketones is 1. The van der Waals surface area contributed by atoms with Crippen molar-refractivity contribution in [1.82, 2.24) is 0 Å². The Balaban J connectivity index is 3.40. The van der Waals surface area contributed by atoms with Gasteiger partial charge in [-0.1, -0.05) is 6.92 Å². The Morgan fingerprint density at radius 2 is 1.62 bits per heavy atom. The molecular weight excluding hydrogens is 300 g/mol. The van der Waals surface area contributed by atoms with Gasteiger partial charge in [-0.25, -0.2) is 0 Å². The molecule has 1 atom stereocenters. The second kappa shape index (κ2) is 6.77. The molecule has 0 saturated heterocycles. The van der Waals surface area contributed by atoms with Crippen molar-refractivity contribution in [3.05, 3.63) is 17.7 Å². The molecule has 1 rings (SSSR count). The molecule has 0 fully saturated rings. The number of ether oxygens (including phenoxy) is 3. The Morgan fingerprint density at radius 1 is 1.14 bits per heavy atom. The minimum atomic E-state index is -4.48. The summed E-state index contributed by atoms with van der Waals surface area (Å²) in [7, 11) is -0.307. The lowest BCUT2D eigenvalue weighted by atomic mass is 10.1. The predicted molar refractivity (Wildman–Crippen MR) is 76.1 cm³/mol. The third kappa shape index (κ3) is 3.64. The fourth-order valence-electron chi connectivity index (χ4n) is 1.94. The zero-order chi connectivity index (χ0) is 16.2. The normalized spacial score (nSPS) is 12.6. The first-order chi connectivity index (χ1) is 9.79. The molecule has 1 unspecified atom stereocenters. The van der Waals surface area contributed by atoms with Crippen LogP contribution in [0.25, 0.3) is 0 Å². The lowest BCUT2D eigenvalue weighted by Gasteiger charge is -2.15. The molecule has 1 aromatic rings. The molecule has 1 aromatic carbocycles. The molecule has 0 amide bonds. The van der Waals surface area contributed by atoms with Crippen LogP contribution in [0.15, 0.2) is 12.1 Å². The maximum atomic E-state index is 12.3. The van der Waals surface area contributed by atoms with Crippen molar-refractivity contribution in [2.24, 2.45) is 0 Å². The number of carbonyl (C=O) groups excluding carboxylic acids is 1. The Kier molecular flexibility index (Phi) is 5.56. The maximum Gasteiger partial charge on any atom is 0.275 e. The molecule has 8 heteroatoms. The zero-order valence-electron chi connectivity index (χ0n) is 12.2. The highest BCUT2D eigenvalue weighted by Crippen LogP contribution is 2.38. The Labute approximate surface area is 123 Å². The average Bonchev–Trinajstić information content (AvgIpc) is 2.44. The van der Waals surface area contributed by atoms with Gasteiger partial charge in [0.1, 0.15) is 5.25 Å². The summed E-state index contributed by atoms with van der Waals surface area (Å²) in [4.78, 5) is 12.3. The fraction of sp³-hybridized carbons (Fsp3) is 0.462. The minimum absolute atomic E-state index is 0.0473. The maximum absolute atomic E-state index is 12.3. The van der Waals surface area contributed by atoms with Crippen LogP contribution in [0.1, 0.15) is 23.7 Å². The summed E-state index contributed by atoms with van der Waals surface area (Å²) in [6.45, 7) is 1.49. The number of hydrogen-bond donors (Lipinski definition) is 1. The molecule has 0 saturated carbocycles. The minimum Gasteiger partial charge on any atom is -0.493 e. The first-order valence-electron chi connectivity index (χ1n) is 6.10. The number of rotatable bonds is 7. The van der Waals surface area contributed by atoms with E-state index in [0.717, 1.165) is 0 Å². The third-order valence-corrected chi connectivity index (χ3v) is 4.24. The second-order valence-electron chi connectivity index (χ2n) is 4.19. The van der Waals surface area contributed by atoms with Crippen molar-refractivity contribution >= 4 is 15.9 Å². The van der Waals surface area contributed by atoms with Crippen LogP contribution in [-0.4, -0.2) is 45.3 Å². The van der Waals surface area contributed by atoms with Crippen LogP contribution in [0.5, 0.6) is 17.2 Å². The molecule has 0 aliphatic heterocycles. The highest BCUT2D eigenvalue weighted by atomic mass is 32.2. The van der Waals surface area contributed by atoms with Crippen LogP contribution in [0, 0.1) is 0 Å². The number of carbonyl (C=O) groups is 1. The molecule has 0 aliphatic rings. The summed E-state index contributed by atoms with van der Waals surface area (Å²) in [5.41, 5.74) is 0.0500. The predicted octanol–water partition coefficient (Wildman–Crippen LogP) is 1.56. The van der Waals surface area contributed by atoms with Crippen molar-refractivity contribution in [3.8, 4) is 17.2 Å². The van der Waals surface area contributed by atoms with Crippen LogP contribution in [-0.2, 0) is 10.1 Å². The Hall–Kier alpha value is -1.80. The first kappa shape index (κ1) is 17.3. The quantitative estimate of drug-likeness (QED) is 0.601. The summed E-state index contributed by atoms with van der Waals surface area (Å²) in [5, 5.41) is -1.53. The van der Waals surface area contributed by atoms with Gasteiger partial charge in [-0.2, -0.15) is 8.42 Å². The van der Waals surface area contributed by atoms with Crippen molar-refractivity contribution in [1.29, 1.82) is 0 Å². The molecule has 0 heterocycles. The lowest BCUT2D eigenvalue weighted by Crippen LogP contribution is -2.29. The summed E-state index contributed by atoms with van der Waals surface area (Å²) in [5.74, 6) is 0.00601. The largest absolute Gasteiger partial charge is 0.493 e. The van der Waals surface area contributed by atoms with Crippen molar-refractivity contribution < 1.29 is 32.0 Å². The molecule has 1 N–H and O–H groups in total. The van der Waals surface area contributed by atoms with Crippen LogP contribution in [0.3, 0.4) is 0 Å². The number of methoxy groups -OCH3 is 3. The summed E-state index contributed by atoms with van der Waals surface area (Å²) >= 11 is 0. The molecule has 7 nitrogen and oxygen atoms in total. The van der Waals surface area contributed by atoms with E-state index in [1.807, 2.05) is 0 Å². The van der Waals surface area contributed by atoms with Crippen LogP contribution in [0.4, 0.5) is 0 Å². The van der Waals surface area contributed by atoms with E-state index < -0.39 is 21.2 Å². The molecule has 0 spiro atoms. The SMILES string of the molecule is CCC(C(=O)c1cc(OC)c(OC)c(OC)c1)S(=O)(=O)O. The molecular formula is C13H18O7S. The monoisotopic (exact) mass is 318 g/mol. The van der Waals surface area contributed by atoms with Crippen LogP contribution >= 0.6 is 0 Å². The van der Waals surface area contributed by atoms with E-state index in [2.05, 4.69) is 0 Å². The molecule has 0 radical (unpaired) electrons. The second-order valence-corrected chi connectivity index (χ2v) is 5.79. The summed E-state index contributed by atoms with van der Waals surface area (Å²) in [6.07, 6.45) is -0.0473. The van der Waals surface area contributed by atoms with Crippen molar-refractivity contribution in [3.63, 3.8) is 0 Å². The highest BCUT2D eigenvalue weighted by molar-refractivity contribution is 7.87. The van der Waals surface area contributed by atoms with Gasteiger partial charge in [0.05, 0.1) is 21.3 Å². The van der Waals surface area contributed by atoms with E-state index in [1.54, 1.807) is 0 Å². The van der Waals surface area contributed by atoms with Gasteiger partial charge in [-0.15, -0.1) is 0 Å². The van der Waals surface area contributed by atoms with Crippen LogP contribution < -0.4 is 14.2 Å². The number of hydrogen-bond acceptors (Lipinski definition) is 6. The summed E-state index contributed by atoms with van der Waals surface area (Å²) in [6, 6.07) is 2.69. The van der Waals surface area contributed by atoms with E-state index in [-0.39, 0.29) is 29.2 Å². The summed E-state index contributed by atoms with van der Waals surface area (Å²) < 4.78 is 47.0.